The van der Waals surface area contributed by atoms with Crippen molar-refractivity contribution < 1.29 is 4.79 Å². The Bertz CT molecular complexity index is 423. The van der Waals surface area contributed by atoms with E-state index in [1.54, 1.807) is 4.90 Å². The summed E-state index contributed by atoms with van der Waals surface area (Å²) in [4.78, 5) is 13.6. The zero-order valence-corrected chi connectivity index (χ0v) is 12.4. The Morgan fingerprint density at radius 2 is 2.11 bits per heavy atom. The van der Waals surface area contributed by atoms with E-state index in [0.29, 0.717) is 0 Å². The third kappa shape index (κ3) is 3.13. The van der Waals surface area contributed by atoms with Crippen LogP contribution >= 0.6 is 0 Å². The summed E-state index contributed by atoms with van der Waals surface area (Å²) < 4.78 is 2.17. The van der Waals surface area contributed by atoms with Crippen molar-refractivity contribution in [1.29, 1.82) is 0 Å². The van der Waals surface area contributed by atoms with Gasteiger partial charge in [-0.2, -0.15) is 0 Å². The second-order valence-electron chi connectivity index (χ2n) is 4.91. The van der Waals surface area contributed by atoms with Gasteiger partial charge in [-0.25, -0.2) is 0 Å². The first-order valence-electron chi connectivity index (χ1n) is 6.48. The summed E-state index contributed by atoms with van der Waals surface area (Å²) in [6.07, 6.45) is 0. The molecule has 1 heterocycles. The number of carbonyl (C=O) groups excluding carboxylic acids is 1. The molecule has 1 unspecified atom stereocenters. The van der Waals surface area contributed by atoms with Crippen LogP contribution in [0.1, 0.15) is 30.8 Å². The van der Waals surface area contributed by atoms with E-state index in [9.17, 15) is 4.79 Å². The fourth-order valence-corrected chi connectivity index (χ4v) is 1.95. The van der Waals surface area contributed by atoms with E-state index < -0.39 is 0 Å². The monoisotopic (exact) mass is 251 g/mol. The van der Waals surface area contributed by atoms with Crippen molar-refractivity contribution in [3.8, 4) is 0 Å². The molecule has 0 aliphatic heterocycles. The molecule has 0 saturated carbocycles. The molecule has 4 nitrogen and oxygen atoms in total. The Kier molecular flexibility index (Phi) is 4.96. The van der Waals surface area contributed by atoms with Crippen molar-refractivity contribution in [1.82, 2.24) is 14.8 Å². The lowest BCUT2D eigenvalue weighted by molar-refractivity contribution is -0.131. The number of aromatic nitrogens is 1. The van der Waals surface area contributed by atoms with Crippen molar-refractivity contribution in [3.05, 3.63) is 23.0 Å². The first kappa shape index (κ1) is 14.8. The number of hydrogen-bond donors (Lipinski definition) is 1. The number of hydrogen-bond acceptors (Lipinski definition) is 2. The molecule has 0 radical (unpaired) electrons. The molecule has 1 aromatic rings. The van der Waals surface area contributed by atoms with Crippen molar-refractivity contribution in [2.45, 2.75) is 40.3 Å². The number of nitrogens with zero attached hydrogens (tertiary/aromatic N) is 2. The molecular weight excluding hydrogens is 226 g/mol. The molecule has 102 valence electrons. The highest BCUT2D eigenvalue weighted by Gasteiger charge is 2.16. The summed E-state index contributed by atoms with van der Waals surface area (Å²) in [7, 11) is 3.89. The molecule has 1 rings (SSSR count). The largest absolute Gasteiger partial charge is 0.352 e. The van der Waals surface area contributed by atoms with Crippen molar-refractivity contribution in [2.75, 3.05) is 13.6 Å². The molecule has 0 saturated heterocycles. The summed E-state index contributed by atoms with van der Waals surface area (Å²) >= 11 is 0. The van der Waals surface area contributed by atoms with Crippen molar-refractivity contribution >= 4 is 5.91 Å². The number of carbonyl (C=O) groups is 1. The lowest BCUT2D eigenvalue weighted by Gasteiger charge is -2.20. The smallest absolute Gasteiger partial charge is 0.239 e. The van der Waals surface area contributed by atoms with E-state index >= 15 is 0 Å². The maximum atomic E-state index is 11.9. The summed E-state index contributed by atoms with van der Waals surface area (Å²) in [5.41, 5.74) is 3.76. The standard InChI is InChI=1S/C14H25N3O/c1-7-16(5)14(18)11(3)15-9-13-8-10(2)17(6)12(13)4/h8,11,15H,7,9H2,1-6H3. The Balaban J connectivity index is 2.60. The first-order valence-corrected chi connectivity index (χ1v) is 6.48. The summed E-state index contributed by atoms with van der Waals surface area (Å²) in [6.45, 7) is 9.58. The fraction of sp³-hybridized carbons (Fsp3) is 0.643. The lowest BCUT2D eigenvalue weighted by atomic mass is 10.2. The predicted molar refractivity (Wildman–Crippen MR) is 74.5 cm³/mol. The third-order valence-corrected chi connectivity index (χ3v) is 3.70. The molecule has 1 N–H and O–H groups in total. The molecule has 18 heavy (non-hydrogen) atoms. The van der Waals surface area contributed by atoms with Crippen LogP contribution in [0, 0.1) is 13.8 Å². The molecule has 1 aromatic heterocycles. The van der Waals surface area contributed by atoms with E-state index in [1.165, 1.54) is 17.0 Å². The average molecular weight is 251 g/mol. The van der Waals surface area contributed by atoms with Crippen LogP contribution in [0.15, 0.2) is 6.07 Å². The maximum Gasteiger partial charge on any atom is 0.239 e. The van der Waals surface area contributed by atoms with Gasteiger partial charge in [-0.3, -0.25) is 4.79 Å². The van der Waals surface area contributed by atoms with Crippen LogP contribution in [-0.4, -0.2) is 35.0 Å². The van der Waals surface area contributed by atoms with Crippen LogP contribution < -0.4 is 5.32 Å². The van der Waals surface area contributed by atoms with Crippen LogP contribution in [0.25, 0.3) is 0 Å². The third-order valence-electron chi connectivity index (χ3n) is 3.70. The quantitative estimate of drug-likeness (QED) is 0.863. The molecule has 0 aliphatic carbocycles. The molecule has 0 aliphatic rings. The molecule has 0 aromatic carbocycles. The number of aryl methyl sites for hydroxylation is 1. The van der Waals surface area contributed by atoms with Crippen LogP contribution in [0.4, 0.5) is 0 Å². The number of amides is 1. The highest BCUT2D eigenvalue weighted by molar-refractivity contribution is 5.81. The second kappa shape index (κ2) is 6.05. The van der Waals surface area contributed by atoms with Crippen LogP contribution in [0.3, 0.4) is 0 Å². The highest BCUT2D eigenvalue weighted by atomic mass is 16.2. The minimum atomic E-state index is -0.144. The van der Waals surface area contributed by atoms with Gasteiger partial charge in [0.05, 0.1) is 6.04 Å². The molecule has 1 atom stereocenters. The van der Waals surface area contributed by atoms with Crippen molar-refractivity contribution in [2.24, 2.45) is 7.05 Å². The Morgan fingerprint density at radius 1 is 1.50 bits per heavy atom. The van der Waals surface area contributed by atoms with Gasteiger partial charge < -0.3 is 14.8 Å². The van der Waals surface area contributed by atoms with E-state index in [2.05, 4.69) is 36.8 Å². The van der Waals surface area contributed by atoms with Gasteiger partial charge in [-0.1, -0.05) is 0 Å². The first-order chi connectivity index (χ1) is 8.38. The molecule has 0 fully saturated rings. The molecule has 0 bridgehead atoms. The van der Waals surface area contributed by atoms with Crippen LogP contribution in [0.5, 0.6) is 0 Å². The summed E-state index contributed by atoms with van der Waals surface area (Å²) in [6, 6.07) is 2.03. The normalized spacial score (nSPS) is 12.6. The van der Waals surface area contributed by atoms with E-state index in [1.807, 2.05) is 20.9 Å². The Hall–Kier alpha value is -1.29. The highest BCUT2D eigenvalue weighted by Crippen LogP contribution is 2.13. The number of rotatable bonds is 5. The van der Waals surface area contributed by atoms with Gasteiger partial charge in [0.2, 0.25) is 5.91 Å². The predicted octanol–water partition coefficient (Wildman–Crippen LogP) is 1.60. The molecular formula is C14H25N3O. The topological polar surface area (TPSA) is 37.3 Å². The van der Waals surface area contributed by atoms with Crippen LogP contribution in [0.2, 0.25) is 0 Å². The second-order valence-corrected chi connectivity index (χ2v) is 4.91. The van der Waals surface area contributed by atoms with Gasteiger partial charge in [-0.05, 0) is 39.3 Å². The minimum Gasteiger partial charge on any atom is -0.352 e. The maximum absolute atomic E-state index is 11.9. The van der Waals surface area contributed by atoms with Gasteiger partial charge in [-0.15, -0.1) is 0 Å². The minimum absolute atomic E-state index is 0.141. The summed E-state index contributed by atoms with van der Waals surface area (Å²) in [5.74, 6) is 0.141. The van der Waals surface area contributed by atoms with Gasteiger partial charge in [0.25, 0.3) is 0 Å². The average Bonchev–Trinajstić information content (AvgIpc) is 2.61. The van der Waals surface area contributed by atoms with Gasteiger partial charge in [0.1, 0.15) is 0 Å². The van der Waals surface area contributed by atoms with E-state index in [0.717, 1.165) is 13.1 Å². The fourth-order valence-electron chi connectivity index (χ4n) is 1.95. The number of likely N-dealkylation sites (N-methyl/N-ethyl adjacent to an activating group) is 1. The van der Waals surface area contributed by atoms with Crippen LogP contribution in [-0.2, 0) is 18.4 Å². The Labute approximate surface area is 110 Å². The molecule has 0 spiro atoms. The zero-order chi connectivity index (χ0) is 13.9. The molecule has 1 amide bonds. The molecule has 4 heteroatoms. The van der Waals surface area contributed by atoms with E-state index in [4.69, 9.17) is 0 Å². The van der Waals surface area contributed by atoms with Crippen molar-refractivity contribution in [3.63, 3.8) is 0 Å². The number of nitrogens with one attached hydrogen (secondary N) is 1. The Morgan fingerprint density at radius 3 is 2.56 bits per heavy atom. The van der Waals surface area contributed by atoms with Gasteiger partial charge in [0.15, 0.2) is 0 Å². The summed E-state index contributed by atoms with van der Waals surface area (Å²) in [5, 5.41) is 3.29. The SMILES string of the molecule is CCN(C)C(=O)C(C)NCc1cc(C)n(C)c1C. The van der Waals surface area contributed by atoms with E-state index in [-0.39, 0.29) is 11.9 Å². The zero-order valence-electron chi connectivity index (χ0n) is 12.4. The van der Waals surface area contributed by atoms with Gasteiger partial charge in [0, 0.05) is 38.6 Å². The lowest BCUT2D eigenvalue weighted by Crippen LogP contribution is -2.42. The van der Waals surface area contributed by atoms with Gasteiger partial charge >= 0.3 is 0 Å².